The van der Waals surface area contributed by atoms with Crippen LogP contribution in [0.4, 0.5) is 23.2 Å². The number of benzene rings is 2. The average Bonchev–Trinajstić information content (AvgIpc) is 3.44. The molecule has 0 aliphatic rings. The minimum Gasteiger partial charge on any atom is -0.461 e. The van der Waals surface area contributed by atoms with E-state index < -0.39 is 35.2 Å². The molecule has 7 nitrogen and oxygen atoms in total. The SMILES string of the molecule is CCOC(=O)c1cc(-c2cccc(NC(=O)c3cc(C)oc3C(F)(F)F)c2)n(-c2ccc(F)cc2)n1. The van der Waals surface area contributed by atoms with Crippen molar-refractivity contribution >= 4 is 17.6 Å². The molecule has 1 N–H and O–H groups in total. The molecule has 2 aromatic carbocycles. The topological polar surface area (TPSA) is 86.4 Å². The second kappa shape index (κ2) is 9.68. The van der Waals surface area contributed by atoms with Gasteiger partial charge in [0, 0.05) is 11.3 Å². The van der Waals surface area contributed by atoms with Crippen LogP contribution in [0.25, 0.3) is 16.9 Å². The number of hydrogen-bond donors (Lipinski definition) is 1. The first-order valence-electron chi connectivity index (χ1n) is 10.7. The fourth-order valence-corrected chi connectivity index (χ4v) is 3.52. The zero-order chi connectivity index (χ0) is 26.0. The number of furan rings is 1. The van der Waals surface area contributed by atoms with Crippen LogP contribution < -0.4 is 5.32 Å². The zero-order valence-electron chi connectivity index (χ0n) is 19.0. The van der Waals surface area contributed by atoms with Gasteiger partial charge in [0.1, 0.15) is 11.6 Å². The number of aromatic nitrogens is 2. The van der Waals surface area contributed by atoms with Crippen molar-refractivity contribution in [3.8, 4) is 16.9 Å². The highest BCUT2D eigenvalue weighted by atomic mass is 19.4. The molecule has 0 unspecified atom stereocenters. The third-order valence-electron chi connectivity index (χ3n) is 5.04. The first kappa shape index (κ1) is 24.7. The molecule has 0 spiro atoms. The summed E-state index contributed by atoms with van der Waals surface area (Å²) in [6.45, 7) is 3.09. The number of aryl methyl sites for hydroxylation is 1. The van der Waals surface area contributed by atoms with Crippen molar-refractivity contribution in [3.05, 3.63) is 89.3 Å². The number of nitrogens with one attached hydrogen (secondary N) is 1. The number of hydrogen-bond acceptors (Lipinski definition) is 5. The minimum atomic E-state index is -4.84. The molecular formula is C25H19F4N3O4. The van der Waals surface area contributed by atoms with Crippen LogP contribution in [0.15, 0.2) is 65.1 Å². The molecule has 36 heavy (non-hydrogen) atoms. The van der Waals surface area contributed by atoms with Gasteiger partial charge < -0.3 is 14.5 Å². The summed E-state index contributed by atoms with van der Waals surface area (Å²) in [5.41, 5.74) is 0.852. The summed E-state index contributed by atoms with van der Waals surface area (Å²) < 4.78 is 64.3. The molecule has 11 heteroatoms. The quantitative estimate of drug-likeness (QED) is 0.258. The maximum Gasteiger partial charge on any atom is 0.450 e. The summed E-state index contributed by atoms with van der Waals surface area (Å²) >= 11 is 0. The van der Waals surface area contributed by atoms with Crippen LogP contribution in [0.1, 0.15) is 39.3 Å². The van der Waals surface area contributed by atoms with Gasteiger partial charge in [0.25, 0.3) is 5.91 Å². The lowest BCUT2D eigenvalue weighted by Gasteiger charge is -2.11. The van der Waals surface area contributed by atoms with E-state index in [1.807, 2.05) is 0 Å². The van der Waals surface area contributed by atoms with Gasteiger partial charge in [0.15, 0.2) is 5.69 Å². The van der Waals surface area contributed by atoms with Crippen LogP contribution in [0, 0.1) is 12.7 Å². The molecule has 1 amide bonds. The van der Waals surface area contributed by atoms with E-state index in [1.165, 1.54) is 54.1 Å². The zero-order valence-corrected chi connectivity index (χ0v) is 19.0. The van der Waals surface area contributed by atoms with Crippen molar-refractivity contribution in [1.29, 1.82) is 0 Å². The number of anilines is 1. The lowest BCUT2D eigenvalue weighted by atomic mass is 10.1. The van der Waals surface area contributed by atoms with E-state index in [0.717, 1.165) is 6.07 Å². The van der Waals surface area contributed by atoms with Crippen LogP contribution in [0.2, 0.25) is 0 Å². The van der Waals surface area contributed by atoms with Crippen LogP contribution in [-0.2, 0) is 10.9 Å². The molecule has 0 atom stereocenters. The molecule has 0 saturated heterocycles. The van der Waals surface area contributed by atoms with Gasteiger partial charge in [-0.05, 0) is 62.4 Å². The monoisotopic (exact) mass is 501 g/mol. The highest BCUT2D eigenvalue weighted by Gasteiger charge is 2.40. The van der Waals surface area contributed by atoms with Crippen LogP contribution in [0.3, 0.4) is 0 Å². The first-order valence-corrected chi connectivity index (χ1v) is 10.7. The van der Waals surface area contributed by atoms with Gasteiger partial charge in [-0.1, -0.05) is 12.1 Å². The number of ether oxygens (including phenoxy) is 1. The number of nitrogens with zero attached hydrogens (tertiary/aromatic N) is 2. The first-order chi connectivity index (χ1) is 17.1. The maximum atomic E-state index is 13.5. The Kier molecular flexibility index (Phi) is 6.65. The predicted octanol–water partition coefficient (Wildman–Crippen LogP) is 6.03. The molecule has 0 aliphatic heterocycles. The highest BCUT2D eigenvalue weighted by Crippen LogP contribution is 2.34. The summed E-state index contributed by atoms with van der Waals surface area (Å²) in [5, 5.41) is 6.72. The van der Waals surface area contributed by atoms with Crippen molar-refractivity contribution < 1.29 is 36.3 Å². The fraction of sp³-hybridized carbons (Fsp3) is 0.160. The van der Waals surface area contributed by atoms with E-state index >= 15 is 0 Å². The standard InChI is InChI=1S/C25H19F4N3O4/c1-3-35-24(34)20-13-21(32(31-20)18-9-7-16(26)8-10-18)15-5-4-6-17(12-15)30-23(33)19-11-14(2)36-22(19)25(27,28)29/h4-13H,3H2,1-2H3,(H,30,33). The van der Waals surface area contributed by atoms with Crippen molar-refractivity contribution in [1.82, 2.24) is 9.78 Å². The van der Waals surface area contributed by atoms with Gasteiger partial charge >= 0.3 is 12.1 Å². The van der Waals surface area contributed by atoms with Crippen LogP contribution in [-0.4, -0.2) is 28.3 Å². The third kappa shape index (κ3) is 5.14. The molecule has 4 rings (SSSR count). The number of amides is 1. The summed E-state index contributed by atoms with van der Waals surface area (Å²) in [6.07, 6.45) is -4.84. The Morgan fingerprint density at radius 3 is 2.47 bits per heavy atom. The highest BCUT2D eigenvalue weighted by molar-refractivity contribution is 6.05. The number of esters is 1. The van der Waals surface area contributed by atoms with Crippen LogP contribution in [0.5, 0.6) is 0 Å². The van der Waals surface area contributed by atoms with E-state index in [0.29, 0.717) is 16.9 Å². The Morgan fingerprint density at radius 2 is 1.81 bits per heavy atom. The number of halogens is 4. The Labute approximate surface area is 202 Å². The van der Waals surface area contributed by atoms with Crippen molar-refractivity contribution in [2.45, 2.75) is 20.0 Å². The van der Waals surface area contributed by atoms with Gasteiger partial charge in [0.2, 0.25) is 5.76 Å². The van der Waals surface area contributed by atoms with Crippen LogP contribution >= 0.6 is 0 Å². The lowest BCUT2D eigenvalue weighted by Crippen LogP contribution is -2.16. The van der Waals surface area contributed by atoms with E-state index in [-0.39, 0.29) is 23.7 Å². The molecular weight excluding hydrogens is 482 g/mol. The molecule has 0 fully saturated rings. The Bertz CT molecular complexity index is 1420. The van der Waals surface area contributed by atoms with E-state index in [1.54, 1.807) is 19.1 Å². The smallest absolute Gasteiger partial charge is 0.450 e. The summed E-state index contributed by atoms with van der Waals surface area (Å²) in [5.74, 6) is -3.58. The molecule has 186 valence electrons. The summed E-state index contributed by atoms with van der Waals surface area (Å²) in [7, 11) is 0. The van der Waals surface area contributed by atoms with Crippen molar-refractivity contribution in [2.24, 2.45) is 0 Å². The average molecular weight is 501 g/mol. The summed E-state index contributed by atoms with van der Waals surface area (Å²) in [4.78, 5) is 24.9. The second-order valence-corrected chi connectivity index (χ2v) is 7.66. The Hall–Kier alpha value is -4.41. The van der Waals surface area contributed by atoms with Gasteiger partial charge in [-0.3, -0.25) is 4.79 Å². The predicted molar refractivity (Wildman–Crippen MR) is 121 cm³/mol. The van der Waals surface area contributed by atoms with Crippen molar-refractivity contribution in [2.75, 3.05) is 11.9 Å². The number of alkyl halides is 3. The van der Waals surface area contributed by atoms with E-state index in [4.69, 9.17) is 4.74 Å². The molecule has 2 aromatic heterocycles. The Morgan fingerprint density at radius 1 is 1.08 bits per heavy atom. The molecule has 0 bridgehead atoms. The maximum absolute atomic E-state index is 13.5. The van der Waals surface area contributed by atoms with Gasteiger partial charge in [-0.25, -0.2) is 13.9 Å². The lowest BCUT2D eigenvalue weighted by molar-refractivity contribution is -0.153. The number of carbonyl (C=O) groups excluding carboxylic acids is 2. The van der Waals surface area contributed by atoms with E-state index in [2.05, 4.69) is 14.8 Å². The molecule has 4 aromatic rings. The Balaban J connectivity index is 1.71. The minimum absolute atomic E-state index is 0.00527. The molecule has 0 saturated carbocycles. The normalized spacial score (nSPS) is 11.4. The summed E-state index contributed by atoms with van der Waals surface area (Å²) in [6, 6.07) is 14.1. The largest absolute Gasteiger partial charge is 0.461 e. The second-order valence-electron chi connectivity index (χ2n) is 7.66. The molecule has 0 radical (unpaired) electrons. The number of rotatable bonds is 6. The number of carbonyl (C=O) groups is 2. The van der Waals surface area contributed by atoms with Gasteiger partial charge in [-0.2, -0.15) is 18.3 Å². The third-order valence-corrected chi connectivity index (χ3v) is 5.04. The molecule has 2 heterocycles. The van der Waals surface area contributed by atoms with Gasteiger partial charge in [0.05, 0.1) is 23.6 Å². The van der Waals surface area contributed by atoms with E-state index in [9.17, 15) is 27.2 Å². The fourth-order valence-electron chi connectivity index (χ4n) is 3.52. The van der Waals surface area contributed by atoms with Crippen molar-refractivity contribution in [3.63, 3.8) is 0 Å². The van der Waals surface area contributed by atoms with Gasteiger partial charge in [-0.15, -0.1) is 0 Å². The molecule has 0 aliphatic carbocycles.